The van der Waals surface area contributed by atoms with E-state index in [9.17, 15) is 9.90 Å². The molecular formula is C12H22N4O3S. The number of hydrogen-bond acceptors (Lipinski definition) is 7. The first-order valence-corrected chi connectivity index (χ1v) is 7.31. The highest BCUT2D eigenvalue weighted by Crippen LogP contribution is 2.27. The fourth-order valence-electron chi connectivity index (χ4n) is 1.65. The molecule has 0 saturated carbocycles. The zero-order valence-electron chi connectivity index (χ0n) is 12.0. The lowest BCUT2D eigenvalue weighted by atomic mass is 10.3. The lowest BCUT2D eigenvalue weighted by Gasteiger charge is -2.16. The largest absolute Gasteiger partial charge is 0.389 e. The second kappa shape index (κ2) is 8.03. The van der Waals surface area contributed by atoms with Gasteiger partial charge in [0.15, 0.2) is 5.13 Å². The number of rotatable bonds is 8. The standard InChI is InChI=1S/C12H22N4O3S/c1-4-16(5-2)12-15-10(13)9(20-12)11(18)14-6-8(17)7-19-3/h8,17H,4-7,13H2,1-3H3,(H,14,18). The van der Waals surface area contributed by atoms with Crippen LogP contribution < -0.4 is 16.0 Å². The fourth-order valence-corrected chi connectivity index (χ4v) is 2.68. The Hall–Kier alpha value is -1.38. The van der Waals surface area contributed by atoms with Gasteiger partial charge in [-0.15, -0.1) is 0 Å². The van der Waals surface area contributed by atoms with Crippen LogP contribution in [0.25, 0.3) is 0 Å². The molecule has 0 spiro atoms. The minimum absolute atomic E-state index is 0.116. The number of carbonyl (C=O) groups is 1. The number of nitrogens with two attached hydrogens (primary N) is 1. The van der Waals surface area contributed by atoms with Crippen molar-refractivity contribution in [2.45, 2.75) is 20.0 Å². The van der Waals surface area contributed by atoms with Gasteiger partial charge in [-0.2, -0.15) is 0 Å². The zero-order valence-corrected chi connectivity index (χ0v) is 12.9. The van der Waals surface area contributed by atoms with Crippen molar-refractivity contribution in [2.75, 3.05) is 44.0 Å². The summed E-state index contributed by atoms with van der Waals surface area (Å²) in [5.74, 6) is -0.107. The first-order chi connectivity index (χ1) is 9.53. The Bertz CT molecular complexity index is 434. The number of nitrogens with one attached hydrogen (secondary N) is 1. The number of anilines is 2. The number of ether oxygens (including phenoxy) is 1. The summed E-state index contributed by atoms with van der Waals surface area (Å²) in [6, 6.07) is 0. The molecule has 0 aliphatic carbocycles. The van der Waals surface area contributed by atoms with E-state index in [0.717, 1.165) is 18.2 Å². The number of carbonyl (C=O) groups excluding carboxylic acids is 1. The molecule has 4 N–H and O–H groups in total. The van der Waals surface area contributed by atoms with Gasteiger partial charge >= 0.3 is 0 Å². The molecular weight excluding hydrogens is 280 g/mol. The van der Waals surface area contributed by atoms with Crippen LogP contribution in [0.3, 0.4) is 0 Å². The Balaban J connectivity index is 2.69. The summed E-state index contributed by atoms with van der Waals surface area (Å²) in [7, 11) is 1.49. The van der Waals surface area contributed by atoms with Crippen LogP contribution >= 0.6 is 11.3 Å². The van der Waals surface area contributed by atoms with Crippen molar-refractivity contribution < 1.29 is 14.6 Å². The van der Waals surface area contributed by atoms with Crippen molar-refractivity contribution in [3.8, 4) is 0 Å². The summed E-state index contributed by atoms with van der Waals surface area (Å²) in [5, 5.41) is 12.8. The van der Waals surface area contributed by atoms with E-state index in [1.54, 1.807) is 0 Å². The highest BCUT2D eigenvalue weighted by Gasteiger charge is 2.19. The number of nitrogens with zero attached hydrogens (tertiary/aromatic N) is 2. The lowest BCUT2D eigenvalue weighted by molar-refractivity contribution is 0.0611. The second-order valence-electron chi connectivity index (χ2n) is 4.20. The van der Waals surface area contributed by atoms with Gasteiger partial charge in [0.2, 0.25) is 0 Å². The lowest BCUT2D eigenvalue weighted by Crippen LogP contribution is -2.34. The minimum Gasteiger partial charge on any atom is -0.389 e. The smallest absolute Gasteiger partial charge is 0.265 e. The van der Waals surface area contributed by atoms with E-state index < -0.39 is 6.10 Å². The van der Waals surface area contributed by atoms with E-state index in [1.807, 2.05) is 18.7 Å². The zero-order chi connectivity index (χ0) is 15.1. The molecule has 114 valence electrons. The van der Waals surface area contributed by atoms with Gasteiger partial charge < -0.3 is 25.8 Å². The number of aliphatic hydroxyl groups is 1. The molecule has 1 aromatic heterocycles. The van der Waals surface area contributed by atoms with Gasteiger partial charge in [-0.3, -0.25) is 4.79 Å². The maximum atomic E-state index is 12.0. The molecule has 0 aliphatic heterocycles. The van der Waals surface area contributed by atoms with Crippen molar-refractivity contribution in [1.29, 1.82) is 0 Å². The SMILES string of the molecule is CCN(CC)c1nc(N)c(C(=O)NCC(O)COC)s1. The summed E-state index contributed by atoms with van der Waals surface area (Å²) in [5.41, 5.74) is 5.78. The molecule has 7 nitrogen and oxygen atoms in total. The van der Waals surface area contributed by atoms with E-state index in [0.29, 0.717) is 4.88 Å². The Morgan fingerprint density at radius 3 is 2.75 bits per heavy atom. The second-order valence-corrected chi connectivity index (χ2v) is 5.18. The summed E-state index contributed by atoms with van der Waals surface area (Å²) < 4.78 is 4.79. The Kier molecular flexibility index (Phi) is 6.69. The maximum absolute atomic E-state index is 12.0. The number of aliphatic hydroxyl groups excluding tert-OH is 1. The molecule has 1 heterocycles. The summed E-state index contributed by atoms with van der Waals surface area (Å²) in [6.07, 6.45) is -0.736. The average Bonchev–Trinajstić information content (AvgIpc) is 2.80. The molecule has 1 unspecified atom stereocenters. The molecule has 0 aliphatic rings. The van der Waals surface area contributed by atoms with E-state index in [2.05, 4.69) is 10.3 Å². The van der Waals surface area contributed by atoms with E-state index >= 15 is 0 Å². The Morgan fingerprint density at radius 2 is 2.20 bits per heavy atom. The van der Waals surface area contributed by atoms with E-state index in [4.69, 9.17) is 10.5 Å². The van der Waals surface area contributed by atoms with Gasteiger partial charge in [0, 0.05) is 26.7 Å². The number of amides is 1. The molecule has 0 fully saturated rings. The van der Waals surface area contributed by atoms with Crippen LogP contribution in [0.1, 0.15) is 23.5 Å². The van der Waals surface area contributed by atoms with Crippen LogP contribution in [0.4, 0.5) is 10.9 Å². The molecule has 1 rings (SSSR count). The predicted octanol–water partition coefficient (Wildman–Crippen LogP) is 0.309. The third-order valence-electron chi connectivity index (χ3n) is 2.74. The predicted molar refractivity (Wildman–Crippen MR) is 80.3 cm³/mol. The highest BCUT2D eigenvalue weighted by atomic mass is 32.1. The topological polar surface area (TPSA) is 101 Å². The van der Waals surface area contributed by atoms with Crippen molar-refractivity contribution in [1.82, 2.24) is 10.3 Å². The number of thiazole rings is 1. The third kappa shape index (κ3) is 4.32. The average molecular weight is 302 g/mol. The van der Waals surface area contributed by atoms with Gasteiger partial charge in [-0.05, 0) is 13.8 Å². The van der Waals surface area contributed by atoms with Crippen molar-refractivity contribution in [2.24, 2.45) is 0 Å². The minimum atomic E-state index is -0.736. The van der Waals surface area contributed by atoms with Crippen molar-refractivity contribution >= 4 is 28.2 Å². The fraction of sp³-hybridized carbons (Fsp3) is 0.667. The Labute approximate surface area is 122 Å². The summed E-state index contributed by atoms with van der Waals surface area (Å²) in [4.78, 5) is 18.6. The van der Waals surface area contributed by atoms with Crippen LogP contribution in [0.15, 0.2) is 0 Å². The first-order valence-electron chi connectivity index (χ1n) is 6.49. The van der Waals surface area contributed by atoms with Crippen LogP contribution in [-0.4, -0.2) is 55.5 Å². The van der Waals surface area contributed by atoms with Gasteiger partial charge in [0.25, 0.3) is 5.91 Å². The van der Waals surface area contributed by atoms with Crippen LogP contribution in [-0.2, 0) is 4.74 Å². The van der Waals surface area contributed by atoms with Crippen LogP contribution in [0.2, 0.25) is 0 Å². The van der Waals surface area contributed by atoms with Crippen LogP contribution in [0, 0.1) is 0 Å². The van der Waals surface area contributed by atoms with Gasteiger partial charge in [0.05, 0.1) is 12.7 Å². The van der Waals surface area contributed by atoms with Crippen molar-refractivity contribution in [3.63, 3.8) is 0 Å². The van der Waals surface area contributed by atoms with Gasteiger partial charge in [-0.25, -0.2) is 4.98 Å². The molecule has 1 amide bonds. The first kappa shape index (κ1) is 16.7. The molecule has 20 heavy (non-hydrogen) atoms. The van der Waals surface area contributed by atoms with E-state index in [-0.39, 0.29) is 24.9 Å². The molecule has 0 saturated heterocycles. The maximum Gasteiger partial charge on any atom is 0.265 e. The molecule has 0 radical (unpaired) electrons. The molecule has 8 heteroatoms. The van der Waals surface area contributed by atoms with Crippen LogP contribution in [0.5, 0.6) is 0 Å². The molecule has 1 atom stereocenters. The van der Waals surface area contributed by atoms with Gasteiger partial charge in [-0.1, -0.05) is 11.3 Å². The Morgan fingerprint density at radius 1 is 1.55 bits per heavy atom. The number of hydrogen-bond donors (Lipinski definition) is 3. The normalized spacial score (nSPS) is 12.2. The number of nitrogen functional groups attached to an aromatic ring is 1. The summed E-state index contributed by atoms with van der Waals surface area (Å²) >= 11 is 1.25. The highest BCUT2D eigenvalue weighted by molar-refractivity contribution is 7.18. The third-order valence-corrected chi connectivity index (χ3v) is 3.87. The quantitative estimate of drug-likeness (QED) is 0.639. The molecule has 0 bridgehead atoms. The molecule has 0 aromatic carbocycles. The molecule has 1 aromatic rings. The van der Waals surface area contributed by atoms with Gasteiger partial charge in [0.1, 0.15) is 10.7 Å². The monoisotopic (exact) mass is 302 g/mol. The van der Waals surface area contributed by atoms with E-state index in [1.165, 1.54) is 18.4 Å². The number of aromatic nitrogens is 1. The summed E-state index contributed by atoms with van der Waals surface area (Å²) in [6.45, 7) is 5.92. The number of methoxy groups -OCH3 is 1. The van der Waals surface area contributed by atoms with Crippen molar-refractivity contribution in [3.05, 3.63) is 4.88 Å².